The van der Waals surface area contributed by atoms with Gasteiger partial charge in [0.15, 0.2) is 0 Å². The second-order valence-corrected chi connectivity index (χ2v) is 9.00. The van der Waals surface area contributed by atoms with E-state index in [0.29, 0.717) is 45.1 Å². The molecule has 0 radical (unpaired) electrons. The zero-order valence-corrected chi connectivity index (χ0v) is 18.2. The molecule has 0 aromatic heterocycles. The molecule has 4 atom stereocenters. The summed E-state index contributed by atoms with van der Waals surface area (Å²) in [7, 11) is 0. The van der Waals surface area contributed by atoms with Gasteiger partial charge in [0.05, 0.1) is 6.04 Å². The van der Waals surface area contributed by atoms with Crippen LogP contribution in [0.4, 0.5) is 4.79 Å². The van der Waals surface area contributed by atoms with Crippen LogP contribution < -0.4 is 10.8 Å². The Bertz CT molecular complexity index is 814. The Balaban J connectivity index is 1.38. The fourth-order valence-electron chi connectivity index (χ4n) is 5.12. The number of piperidine rings is 1. The Morgan fingerprint density at radius 3 is 2.56 bits per heavy atom. The third-order valence-electron chi connectivity index (χ3n) is 6.84. The summed E-state index contributed by atoms with van der Waals surface area (Å²) < 4.78 is 5.65. The first kappa shape index (κ1) is 22.5. The Kier molecular flexibility index (Phi) is 7.26. The molecule has 3 N–H and O–H groups in total. The summed E-state index contributed by atoms with van der Waals surface area (Å²) in [5.74, 6) is -0.666. The Labute approximate surface area is 188 Å². The number of rotatable bonds is 5. The highest BCUT2D eigenvalue weighted by molar-refractivity contribution is 5.84. The average molecular weight is 445 g/mol. The van der Waals surface area contributed by atoms with Crippen LogP contribution in [0.5, 0.6) is 0 Å². The van der Waals surface area contributed by atoms with Crippen LogP contribution in [0.25, 0.3) is 0 Å². The van der Waals surface area contributed by atoms with E-state index in [1.165, 1.54) is 5.56 Å². The van der Waals surface area contributed by atoms with E-state index in [1.54, 1.807) is 10.4 Å². The number of nitrogens with zero attached hydrogens (tertiary/aromatic N) is 2. The fourth-order valence-corrected chi connectivity index (χ4v) is 5.12. The molecule has 3 aliphatic rings. The SMILES string of the molecule is O=C(C[C@@H]1C[C@H](OC(=O)N2CCCC2)CN[C@@H]1C(=O)N1CC[C@H](c2ccccc2)C1)NO. The molecule has 9 heteroatoms. The average Bonchev–Trinajstić information content (AvgIpc) is 3.52. The van der Waals surface area contributed by atoms with Gasteiger partial charge in [-0.1, -0.05) is 30.3 Å². The van der Waals surface area contributed by atoms with Gasteiger partial charge in [-0.3, -0.25) is 14.8 Å². The molecule has 1 aromatic carbocycles. The van der Waals surface area contributed by atoms with Crippen LogP contribution in [0.3, 0.4) is 0 Å². The molecule has 3 heterocycles. The first-order valence-electron chi connectivity index (χ1n) is 11.5. The second-order valence-electron chi connectivity index (χ2n) is 9.00. The Morgan fingerprint density at radius 1 is 1.09 bits per heavy atom. The minimum atomic E-state index is -0.552. The van der Waals surface area contributed by atoms with Gasteiger partial charge in [0.2, 0.25) is 11.8 Å². The van der Waals surface area contributed by atoms with E-state index in [9.17, 15) is 14.4 Å². The smallest absolute Gasteiger partial charge is 0.410 e. The van der Waals surface area contributed by atoms with E-state index in [0.717, 1.165) is 19.3 Å². The van der Waals surface area contributed by atoms with E-state index in [-0.39, 0.29) is 24.3 Å². The normalized spacial score (nSPS) is 27.9. The maximum atomic E-state index is 13.3. The van der Waals surface area contributed by atoms with Crippen molar-refractivity contribution in [1.82, 2.24) is 20.6 Å². The Morgan fingerprint density at radius 2 is 1.84 bits per heavy atom. The number of ether oxygens (including phenoxy) is 1. The minimum absolute atomic E-state index is 0.0202. The lowest BCUT2D eigenvalue weighted by Gasteiger charge is -2.37. The van der Waals surface area contributed by atoms with Crippen molar-refractivity contribution < 1.29 is 24.3 Å². The third-order valence-corrected chi connectivity index (χ3v) is 6.84. The summed E-state index contributed by atoms with van der Waals surface area (Å²) >= 11 is 0. The molecular formula is C23H32N4O5. The molecule has 3 saturated heterocycles. The lowest BCUT2D eigenvalue weighted by molar-refractivity contribution is -0.137. The number of benzene rings is 1. The van der Waals surface area contributed by atoms with Gasteiger partial charge < -0.3 is 19.9 Å². The number of nitrogens with one attached hydrogen (secondary N) is 2. The number of amides is 3. The monoisotopic (exact) mass is 444 g/mol. The van der Waals surface area contributed by atoms with Crippen molar-refractivity contribution in [2.45, 2.75) is 50.2 Å². The van der Waals surface area contributed by atoms with Gasteiger partial charge in [0.1, 0.15) is 6.10 Å². The molecule has 0 spiro atoms. The van der Waals surface area contributed by atoms with Crippen LogP contribution in [-0.4, -0.2) is 77.8 Å². The highest BCUT2D eigenvalue weighted by atomic mass is 16.6. The molecule has 0 bridgehead atoms. The second kappa shape index (κ2) is 10.3. The maximum absolute atomic E-state index is 13.3. The lowest BCUT2D eigenvalue weighted by atomic mass is 9.85. The molecular weight excluding hydrogens is 412 g/mol. The molecule has 0 unspecified atom stereocenters. The zero-order chi connectivity index (χ0) is 22.5. The predicted octanol–water partition coefficient (Wildman–Crippen LogP) is 1.48. The zero-order valence-electron chi connectivity index (χ0n) is 18.2. The van der Waals surface area contributed by atoms with Crippen LogP contribution >= 0.6 is 0 Å². The van der Waals surface area contributed by atoms with Crippen molar-refractivity contribution in [3.05, 3.63) is 35.9 Å². The predicted molar refractivity (Wildman–Crippen MR) is 116 cm³/mol. The molecule has 174 valence electrons. The first-order chi connectivity index (χ1) is 15.5. The number of carbonyl (C=O) groups excluding carboxylic acids is 3. The van der Waals surface area contributed by atoms with E-state index >= 15 is 0 Å². The van der Waals surface area contributed by atoms with Crippen LogP contribution in [0.1, 0.15) is 43.6 Å². The van der Waals surface area contributed by atoms with Crippen molar-refractivity contribution in [2.75, 3.05) is 32.7 Å². The summed E-state index contributed by atoms with van der Waals surface area (Å²) in [6, 6.07) is 9.63. The highest BCUT2D eigenvalue weighted by Gasteiger charge is 2.41. The highest BCUT2D eigenvalue weighted by Crippen LogP contribution is 2.30. The third kappa shape index (κ3) is 5.21. The maximum Gasteiger partial charge on any atom is 0.410 e. The molecule has 3 amide bonds. The molecule has 0 saturated carbocycles. The van der Waals surface area contributed by atoms with Gasteiger partial charge in [-0.25, -0.2) is 10.3 Å². The molecule has 3 aliphatic heterocycles. The van der Waals surface area contributed by atoms with Gasteiger partial charge in [0.25, 0.3) is 0 Å². The van der Waals surface area contributed by atoms with Crippen LogP contribution in [0, 0.1) is 5.92 Å². The van der Waals surface area contributed by atoms with Gasteiger partial charge in [-0.05, 0) is 37.2 Å². The first-order valence-corrected chi connectivity index (χ1v) is 11.5. The number of likely N-dealkylation sites (tertiary alicyclic amines) is 2. The van der Waals surface area contributed by atoms with E-state index in [1.807, 2.05) is 23.1 Å². The van der Waals surface area contributed by atoms with Gasteiger partial charge in [-0.15, -0.1) is 0 Å². The molecule has 3 fully saturated rings. The number of hydrogen-bond acceptors (Lipinski definition) is 6. The van der Waals surface area contributed by atoms with E-state index in [4.69, 9.17) is 9.94 Å². The molecule has 32 heavy (non-hydrogen) atoms. The number of carbonyl (C=O) groups is 3. The van der Waals surface area contributed by atoms with Crippen LogP contribution in [-0.2, 0) is 14.3 Å². The fraction of sp³-hybridized carbons (Fsp3) is 0.609. The largest absolute Gasteiger partial charge is 0.445 e. The van der Waals surface area contributed by atoms with Crippen molar-refractivity contribution in [3.8, 4) is 0 Å². The van der Waals surface area contributed by atoms with Gasteiger partial charge >= 0.3 is 6.09 Å². The standard InChI is InChI=1S/C23H32N4O5/c28-20(25-31)13-18-12-19(32-23(30)26-9-4-5-10-26)14-24-21(18)22(29)27-11-8-17(15-27)16-6-2-1-3-7-16/h1-3,6-7,17-19,21,24,31H,4-5,8-15H2,(H,25,28)/t17-,18-,19-,21-/m0/s1. The Hall–Kier alpha value is -2.65. The topological polar surface area (TPSA) is 111 Å². The molecule has 0 aliphatic carbocycles. The van der Waals surface area contributed by atoms with E-state index in [2.05, 4.69) is 17.4 Å². The quantitative estimate of drug-likeness (QED) is 0.469. The number of hydrogen-bond donors (Lipinski definition) is 3. The van der Waals surface area contributed by atoms with Crippen molar-refractivity contribution in [2.24, 2.45) is 5.92 Å². The summed E-state index contributed by atoms with van der Waals surface area (Å²) in [5, 5.41) is 12.2. The van der Waals surface area contributed by atoms with Crippen molar-refractivity contribution in [1.29, 1.82) is 0 Å². The lowest BCUT2D eigenvalue weighted by Crippen LogP contribution is -2.57. The molecule has 4 rings (SSSR count). The van der Waals surface area contributed by atoms with Crippen LogP contribution in [0.15, 0.2) is 30.3 Å². The summed E-state index contributed by atoms with van der Waals surface area (Å²) in [4.78, 5) is 41.2. The summed E-state index contributed by atoms with van der Waals surface area (Å²) in [5.41, 5.74) is 2.89. The minimum Gasteiger partial charge on any atom is -0.445 e. The van der Waals surface area contributed by atoms with Gasteiger partial charge in [-0.2, -0.15) is 0 Å². The van der Waals surface area contributed by atoms with Gasteiger partial charge in [0, 0.05) is 45.1 Å². The molecule has 9 nitrogen and oxygen atoms in total. The van der Waals surface area contributed by atoms with E-state index < -0.39 is 18.1 Å². The van der Waals surface area contributed by atoms with Crippen molar-refractivity contribution >= 4 is 17.9 Å². The summed E-state index contributed by atoms with van der Waals surface area (Å²) in [6.07, 6.45) is 2.48. The summed E-state index contributed by atoms with van der Waals surface area (Å²) in [6.45, 7) is 3.08. The molecule has 1 aromatic rings. The number of hydroxylamine groups is 1. The van der Waals surface area contributed by atoms with Crippen molar-refractivity contribution in [3.63, 3.8) is 0 Å². The van der Waals surface area contributed by atoms with Crippen LogP contribution in [0.2, 0.25) is 0 Å².